The normalized spacial score (nSPS) is 14.1. The van der Waals surface area contributed by atoms with E-state index in [2.05, 4.69) is 0 Å². The van der Waals surface area contributed by atoms with Gasteiger partial charge in [0.15, 0.2) is 0 Å². The van der Waals surface area contributed by atoms with Crippen molar-refractivity contribution in [2.75, 3.05) is 26.8 Å². The van der Waals surface area contributed by atoms with Crippen LogP contribution in [0, 0.1) is 0 Å². The van der Waals surface area contributed by atoms with E-state index in [1.165, 1.54) is 12.0 Å². The molecule has 0 N–H and O–H groups in total. The summed E-state index contributed by atoms with van der Waals surface area (Å²) in [5, 5.41) is 0.793. The zero-order valence-corrected chi connectivity index (χ0v) is 17.8. The smallest absolute Gasteiger partial charge is 0.277 e. The summed E-state index contributed by atoms with van der Waals surface area (Å²) in [4.78, 5) is 29.6. The van der Waals surface area contributed by atoms with Gasteiger partial charge < -0.3 is 9.64 Å². The first-order valence-corrected chi connectivity index (χ1v) is 10.1. The fourth-order valence-electron chi connectivity index (χ4n) is 3.33. The molecule has 0 unspecified atom stereocenters. The molecule has 0 radical (unpaired) electrons. The lowest BCUT2D eigenvalue weighted by Gasteiger charge is -2.25. The van der Waals surface area contributed by atoms with Gasteiger partial charge in [0.1, 0.15) is 5.70 Å². The molecule has 0 aliphatic carbocycles. The van der Waals surface area contributed by atoms with Crippen LogP contribution in [0.1, 0.15) is 18.1 Å². The lowest BCUT2D eigenvalue weighted by atomic mass is 10.0. The fourth-order valence-corrected chi connectivity index (χ4v) is 3.83. The van der Waals surface area contributed by atoms with Crippen LogP contribution in [0.15, 0.2) is 54.2 Å². The summed E-state index contributed by atoms with van der Waals surface area (Å²) in [6, 6.07) is 14.7. The number of imide groups is 1. The summed E-state index contributed by atoms with van der Waals surface area (Å²) in [5.74, 6) is -0.719. The first kappa shape index (κ1) is 21.4. The molecule has 0 saturated heterocycles. The van der Waals surface area contributed by atoms with Gasteiger partial charge in [-0.3, -0.25) is 14.5 Å². The van der Waals surface area contributed by atoms with E-state index < -0.39 is 0 Å². The lowest BCUT2D eigenvalue weighted by molar-refractivity contribution is -0.138. The molecule has 0 saturated carbocycles. The number of nitrogens with zero attached hydrogens (tertiary/aromatic N) is 2. The second-order valence-electron chi connectivity index (χ2n) is 6.60. The highest BCUT2D eigenvalue weighted by Gasteiger charge is 2.41. The van der Waals surface area contributed by atoms with Crippen LogP contribution in [0.4, 0.5) is 0 Å². The van der Waals surface area contributed by atoms with Crippen molar-refractivity contribution in [1.29, 1.82) is 0 Å². The van der Waals surface area contributed by atoms with Crippen LogP contribution < -0.4 is 0 Å². The van der Waals surface area contributed by atoms with Gasteiger partial charge >= 0.3 is 0 Å². The summed E-state index contributed by atoms with van der Waals surface area (Å²) in [5.41, 5.74) is 2.18. The Morgan fingerprint density at radius 3 is 2.38 bits per heavy atom. The lowest BCUT2D eigenvalue weighted by Crippen LogP contribution is -2.37. The highest BCUT2D eigenvalue weighted by atomic mass is 35.5. The number of hydrogen-bond donors (Lipinski definition) is 0. The van der Waals surface area contributed by atoms with Gasteiger partial charge in [-0.1, -0.05) is 59.6 Å². The Morgan fingerprint density at radius 1 is 1.03 bits per heavy atom. The number of ether oxygens (including phenoxy) is 1. The number of carbonyl (C=O) groups is 2. The molecule has 2 aromatic rings. The molecule has 29 heavy (non-hydrogen) atoms. The Balaban J connectivity index is 2.10. The fraction of sp³-hybridized carbons (Fsp3) is 0.273. The van der Waals surface area contributed by atoms with Gasteiger partial charge in [-0.2, -0.15) is 0 Å². The molecule has 1 heterocycles. The molecule has 1 aliphatic rings. The van der Waals surface area contributed by atoms with E-state index in [9.17, 15) is 9.59 Å². The molecular weight excluding hydrogens is 411 g/mol. The van der Waals surface area contributed by atoms with Crippen molar-refractivity contribution < 1.29 is 14.3 Å². The van der Waals surface area contributed by atoms with E-state index in [0.29, 0.717) is 40.0 Å². The Morgan fingerprint density at radius 2 is 1.76 bits per heavy atom. The van der Waals surface area contributed by atoms with Crippen molar-refractivity contribution in [3.8, 4) is 0 Å². The third kappa shape index (κ3) is 4.47. The maximum Gasteiger partial charge on any atom is 0.277 e. The molecule has 3 rings (SSSR count). The van der Waals surface area contributed by atoms with Crippen molar-refractivity contribution in [2.45, 2.75) is 13.5 Å². The Bertz CT molecular complexity index is 944. The quantitative estimate of drug-likeness (QED) is 0.585. The van der Waals surface area contributed by atoms with Crippen LogP contribution in [0.5, 0.6) is 0 Å². The van der Waals surface area contributed by atoms with E-state index in [1.807, 2.05) is 42.2 Å². The van der Waals surface area contributed by atoms with Crippen molar-refractivity contribution in [3.63, 3.8) is 0 Å². The molecule has 2 amide bonds. The molecule has 0 spiro atoms. The van der Waals surface area contributed by atoms with Crippen molar-refractivity contribution in [3.05, 3.63) is 75.4 Å². The largest absolute Gasteiger partial charge is 0.383 e. The zero-order valence-electron chi connectivity index (χ0n) is 16.3. The Hall–Kier alpha value is -2.34. The minimum atomic E-state index is -0.377. The minimum Gasteiger partial charge on any atom is -0.383 e. The average Bonchev–Trinajstić information content (AvgIpc) is 2.95. The number of benzene rings is 2. The van der Waals surface area contributed by atoms with Gasteiger partial charge in [0.2, 0.25) is 0 Å². The first-order valence-electron chi connectivity index (χ1n) is 9.31. The van der Waals surface area contributed by atoms with Gasteiger partial charge in [0, 0.05) is 30.8 Å². The summed E-state index contributed by atoms with van der Waals surface area (Å²) in [6.45, 7) is 3.44. The first-order chi connectivity index (χ1) is 14.0. The second kappa shape index (κ2) is 9.44. The number of carbonyl (C=O) groups excluding carboxylic acids is 2. The topological polar surface area (TPSA) is 49.9 Å². The summed E-state index contributed by atoms with van der Waals surface area (Å²) in [7, 11) is 1.53. The van der Waals surface area contributed by atoms with E-state index in [4.69, 9.17) is 27.9 Å². The molecular formula is C22H22Cl2N2O3. The second-order valence-corrected chi connectivity index (χ2v) is 7.45. The third-order valence-corrected chi connectivity index (χ3v) is 5.33. The van der Waals surface area contributed by atoms with Crippen molar-refractivity contribution >= 4 is 40.6 Å². The standard InChI is InChI=1S/C22H22Cl2N2O3/c1-3-25(14-15-7-5-4-6-8-15)20-19(17-10-9-16(23)13-18(17)24)21(27)26(22(20)28)11-12-29-2/h4-10,13H,3,11-12,14H2,1-2H3. The van der Waals surface area contributed by atoms with E-state index in [1.54, 1.807) is 18.2 Å². The average molecular weight is 433 g/mol. The van der Waals surface area contributed by atoms with Crippen LogP contribution in [0.2, 0.25) is 10.0 Å². The minimum absolute atomic E-state index is 0.176. The number of likely N-dealkylation sites (N-methyl/N-ethyl adjacent to an activating group) is 1. The maximum atomic E-state index is 13.3. The molecule has 2 aromatic carbocycles. The molecule has 0 bridgehead atoms. The molecule has 5 nitrogen and oxygen atoms in total. The highest BCUT2D eigenvalue weighted by Crippen LogP contribution is 2.36. The summed E-state index contributed by atoms with van der Waals surface area (Å²) in [6.07, 6.45) is 0. The number of rotatable bonds is 8. The van der Waals surface area contributed by atoms with E-state index in [-0.39, 0.29) is 25.0 Å². The summed E-state index contributed by atoms with van der Waals surface area (Å²) >= 11 is 12.4. The molecule has 0 atom stereocenters. The molecule has 0 fully saturated rings. The van der Waals surface area contributed by atoms with E-state index >= 15 is 0 Å². The van der Waals surface area contributed by atoms with E-state index in [0.717, 1.165) is 5.56 Å². The third-order valence-electron chi connectivity index (χ3n) is 4.78. The number of hydrogen-bond acceptors (Lipinski definition) is 4. The molecule has 7 heteroatoms. The maximum absolute atomic E-state index is 13.3. The predicted octanol–water partition coefficient (Wildman–Crippen LogP) is 4.24. The Labute approximate surface area is 180 Å². The van der Waals surface area contributed by atoms with Crippen LogP contribution >= 0.6 is 23.2 Å². The summed E-state index contributed by atoms with van der Waals surface area (Å²) < 4.78 is 5.08. The van der Waals surface area contributed by atoms with Gasteiger partial charge in [-0.25, -0.2) is 0 Å². The number of methoxy groups -OCH3 is 1. The predicted molar refractivity (Wildman–Crippen MR) is 115 cm³/mol. The molecule has 152 valence electrons. The van der Waals surface area contributed by atoms with Crippen LogP contribution in [0.25, 0.3) is 5.57 Å². The van der Waals surface area contributed by atoms with Crippen molar-refractivity contribution in [1.82, 2.24) is 9.80 Å². The molecule has 0 aromatic heterocycles. The van der Waals surface area contributed by atoms with Crippen LogP contribution in [0.3, 0.4) is 0 Å². The van der Waals surface area contributed by atoms with Gasteiger partial charge in [0.25, 0.3) is 11.8 Å². The monoisotopic (exact) mass is 432 g/mol. The van der Waals surface area contributed by atoms with Crippen molar-refractivity contribution in [2.24, 2.45) is 0 Å². The number of halogens is 2. The zero-order chi connectivity index (χ0) is 21.0. The van der Waals surface area contributed by atoms with Gasteiger partial charge in [-0.15, -0.1) is 0 Å². The number of amides is 2. The molecule has 1 aliphatic heterocycles. The highest BCUT2D eigenvalue weighted by molar-refractivity contribution is 6.41. The Kier molecular flexibility index (Phi) is 6.96. The van der Waals surface area contributed by atoms with Gasteiger partial charge in [0.05, 0.1) is 23.7 Å². The van der Waals surface area contributed by atoms with Gasteiger partial charge in [-0.05, 0) is 24.6 Å². The van der Waals surface area contributed by atoms with Crippen LogP contribution in [-0.2, 0) is 20.9 Å². The SMILES string of the molecule is CCN(Cc1ccccc1)C1=C(c2ccc(Cl)cc2Cl)C(=O)N(CCOC)C1=O. The van der Waals surface area contributed by atoms with Crippen LogP contribution in [-0.4, -0.2) is 48.4 Å².